The van der Waals surface area contributed by atoms with Crippen LogP contribution in [-0.4, -0.2) is 59.7 Å². The van der Waals surface area contributed by atoms with E-state index in [-0.39, 0.29) is 23.4 Å². The number of carbonyl (C=O) groups excluding carboxylic acids is 2. The minimum atomic E-state index is -0.211. The lowest BCUT2D eigenvalue weighted by Crippen LogP contribution is -2.30. The Labute approximate surface area is 338 Å². The molecule has 0 aromatic carbocycles. The summed E-state index contributed by atoms with van der Waals surface area (Å²) >= 11 is 0. The molecule has 0 bridgehead atoms. The fraction of sp³-hybridized carbons (Fsp3) is 0.956. The summed E-state index contributed by atoms with van der Waals surface area (Å²) in [5.74, 6) is 0.0576. The van der Waals surface area contributed by atoms with Crippen molar-refractivity contribution >= 4 is 33.5 Å². The molecular weight excluding hydrogens is 697 g/mol. The first-order chi connectivity index (χ1) is 26.1. The van der Waals surface area contributed by atoms with Crippen LogP contribution in [0.5, 0.6) is 0 Å². The van der Waals surface area contributed by atoms with Gasteiger partial charge >= 0.3 is 11.9 Å². The van der Waals surface area contributed by atoms with Crippen molar-refractivity contribution in [2.24, 2.45) is 0 Å². The summed E-state index contributed by atoms with van der Waals surface area (Å²) in [5.41, 5.74) is 0. The average molecular weight is 787 g/mol. The molecule has 0 aliphatic rings. The fourth-order valence-corrected chi connectivity index (χ4v) is 8.33. The van der Waals surface area contributed by atoms with Gasteiger partial charge in [0.15, 0.2) is 0 Å². The quantitative estimate of drug-likeness (QED) is 0.0344. The summed E-state index contributed by atoms with van der Waals surface area (Å²) in [4.78, 5) is 37.4. The maximum atomic E-state index is 12.8. The van der Waals surface area contributed by atoms with Crippen molar-refractivity contribution in [2.45, 2.75) is 240 Å². The summed E-state index contributed by atoms with van der Waals surface area (Å²) in [5, 5.41) is 3.85. The van der Waals surface area contributed by atoms with Crippen LogP contribution in [0.2, 0.25) is 0 Å². The van der Waals surface area contributed by atoms with E-state index < -0.39 is 0 Å². The number of hydrogen-bond acceptors (Lipinski definition) is 8. The molecule has 0 N–H and O–H groups in total. The van der Waals surface area contributed by atoms with Gasteiger partial charge in [-0.1, -0.05) is 235 Å². The van der Waals surface area contributed by atoms with E-state index in [0.717, 1.165) is 51.9 Å². The average Bonchev–Trinajstić information content (AvgIpc) is 3.15. The van der Waals surface area contributed by atoms with Crippen LogP contribution < -0.4 is 0 Å². The van der Waals surface area contributed by atoms with Crippen LogP contribution in [0.25, 0.3) is 0 Å². The third kappa shape index (κ3) is 41.0. The second-order valence-corrected chi connectivity index (χ2v) is 18.0. The Balaban J connectivity index is 4.56. The van der Waals surface area contributed by atoms with Crippen LogP contribution in [0.1, 0.15) is 240 Å². The van der Waals surface area contributed by atoms with Crippen LogP contribution in [0, 0.1) is 0 Å². The van der Waals surface area contributed by atoms with Crippen molar-refractivity contribution in [2.75, 3.05) is 37.7 Å². The van der Waals surface area contributed by atoms with Crippen LogP contribution in [0.4, 0.5) is 0 Å². The summed E-state index contributed by atoms with van der Waals surface area (Å²) < 4.78 is 0. The van der Waals surface area contributed by atoms with Gasteiger partial charge in [-0.05, 0) is 25.7 Å². The number of nitrogens with zero attached hydrogens (tertiary/aromatic N) is 2. The van der Waals surface area contributed by atoms with Gasteiger partial charge in [-0.15, -0.1) is 10.1 Å². The monoisotopic (exact) mass is 787 g/mol. The minimum Gasteiger partial charge on any atom is -0.367 e. The Hall–Kier alpha value is -0.440. The van der Waals surface area contributed by atoms with Gasteiger partial charge < -0.3 is 9.68 Å². The van der Waals surface area contributed by atoms with Gasteiger partial charge in [0, 0.05) is 26.2 Å². The standard InChI is InChI=1S/C45H90N2O4S2/c1-5-9-13-17-21-25-29-33-37-41-47(40-36-32-28-24-20-16-12-8-4)51-45(49)43-53-52-42-44(48)50-46(38-34-30-26-22-18-14-10-6-2)39-35-31-27-23-19-15-11-7-3/h5-43H2,1-4H3. The lowest BCUT2D eigenvalue weighted by atomic mass is 10.1. The maximum absolute atomic E-state index is 12.8. The first-order valence-electron chi connectivity index (χ1n) is 23.2. The Morgan fingerprint density at radius 3 is 0.717 bits per heavy atom. The van der Waals surface area contributed by atoms with Crippen molar-refractivity contribution in [1.82, 2.24) is 10.1 Å². The van der Waals surface area contributed by atoms with Gasteiger partial charge in [-0.2, -0.15) is 0 Å². The van der Waals surface area contributed by atoms with Gasteiger partial charge in [0.05, 0.1) is 0 Å². The maximum Gasteiger partial charge on any atom is 0.335 e. The van der Waals surface area contributed by atoms with Crippen LogP contribution in [0.15, 0.2) is 0 Å². The Kier molecular flexibility index (Phi) is 43.9. The molecule has 53 heavy (non-hydrogen) atoms. The SMILES string of the molecule is CCCCCCCCCCCN(CCCCCCCCCC)OC(=O)CSSCC(=O)ON(CCCCCCCCCC)CCCCCCCCCC. The second-order valence-electron chi connectivity index (χ2n) is 15.6. The molecule has 0 atom stereocenters. The highest BCUT2D eigenvalue weighted by Gasteiger charge is 2.15. The van der Waals surface area contributed by atoms with Crippen molar-refractivity contribution in [3.8, 4) is 0 Å². The molecule has 0 aromatic heterocycles. The third-order valence-electron chi connectivity index (χ3n) is 10.2. The molecule has 0 saturated carbocycles. The summed E-state index contributed by atoms with van der Waals surface area (Å²) in [6.45, 7) is 12.3. The van der Waals surface area contributed by atoms with E-state index in [1.54, 1.807) is 0 Å². The molecule has 0 fully saturated rings. The largest absolute Gasteiger partial charge is 0.367 e. The number of hydrogen-bond donors (Lipinski definition) is 0. The highest BCUT2D eigenvalue weighted by Crippen LogP contribution is 2.22. The van der Waals surface area contributed by atoms with Crippen LogP contribution in [-0.2, 0) is 19.3 Å². The molecule has 316 valence electrons. The van der Waals surface area contributed by atoms with Crippen LogP contribution >= 0.6 is 21.6 Å². The zero-order chi connectivity index (χ0) is 38.7. The molecule has 0 saturated heterocycles. The fourth-order valence-electron chi connectivity index (χ4n) is 6.79. The molecular formula is C45H90N2O4S2. The van der Waals surface area contributed by atoms with E-state index in [2.05, 4.69) is 27.7 Å². The predicted octanol–water partition coefficient (Wildman–Crippen LogP) is 14.8. The van der Waals surface area contributed by atoms with Crippen molar-refractivity contribution in [3.63, 3.8) is 0 Å². The Bertz CT molecular complexity index is 740. The van der Waals surface area contributed by atoms with Crippen molar-refractivity contribution in [1.29, 1.82) is 0 Å². The normalized spacial score (nSPS) is 11.6. The number of carbonyl (C=O) groups is 2. The third-order valence-corrected chi connectivity index (χ3v) is 12.3. The lowest BCUT2D eigenvalue weighted by Gasteiger charge is -2.21. The van der Waals surface area contributed by atoms with Gasteiger partial charge in [0.1, 0.15) is 11.5 Å². The van der Waals surface area contributed by atoms with E-state index in [1.807, 2.05) is 10.1 Å². The molecule has 0 heterocycles. The zero-order valence-corrected chi connectivity index (χ0v) is 37.6. The van der Waals surface area contributed by atoms with E-state index >= 15 is 0 Å². The zero-order valence-electron chi connectivity index (χ0n) is 35.9. The minimum absolute atomic E-state index is 0.211. The van der Waals surface area contributed by atoms with Crippen molar-refractivity contribution < 1.29 is 19.3 Å². The first kappa shape index (κ1) is 52.6. The molecule has 6 nitrogen and oxygen atoms in total. The summed E-state index contributed by atoms with van der Waals surface area (Å²) in [6.07, 6.45) is 42.1. The van der Waals surface area contributed by atoms with Gasteiger partial charge in [-0.25, -0.2) is 9.59 Å². The van der Waals surface area contributed by atoms with E-state index in [9.17, 15) is 9.59 Å². The number of rotatable bonds is 44. The Morgan fingerprint density at radius 1 is 0.321 bits per heavy atom. The number of unbranched alkanes of at least 4 members (excludes halogenated alkanes) is 29. The molecule has 0 radical (unpaired) electrons. The van der Waals surface area contributed by atoms with Crippen LogP contribution in [0.3, 0.4) is 0 Å². The molecule has 0 aliphatic carbocycles. The van der Waals surface area contributed by atoms with Gasteiger partial charge in [-0.3, -0.25) is 0 Å². The molecule has 0 aromatic rings. The van der Waals surface area contributed by atoms with Gasteiger partial charge in [0.25, 0.3) is 0 Å². The molecule has 8 heteroatoms. The summed E-state index contributed by atoms with van der Waals surface area (Å²) in [6, 6.07) is 0. The van der Waals surface area contributed by atoms with Gasteiger partial charge in [0.2, 0.25) is 0 Å². The molecule has 0 aliphatic heterocycles. The lowest BCUT2D eigenvalue weighted by molar-refractivity contribution is -0.188. The highest BCUT2D eigenvalue weighted by atomic mass is 33.1. The second kappa shape index (κ2) is 44.3. The highest BCUT2D eigenvalue weighted by molar-refractivity contribution is 8.77. The molecule has 0 rings (SSSR count). The molecule has 0 spiro atoms. The Morgan fingerprint density at radius 2 is 0.509 bits per heavy atom. The first-order valence-corrected chi connectivity index (χ1v) is 25.7. The summed E-state index contributed by atoms with van der Waals surface area (Å²) in [7, 11) is 2.81. The topological polar surface area (TPSA) is 59.1 Å². The smallest absolute Gasteiger partial charge is 0.335 e. The van der Waals surface area contributed by atoms with Crippen molar-refractivity contribution in [3.05, 3.63) is 0 Å². The van der Waals surface area contributed by atoms with E-state index in [0.29, 0.717) is 0 Å². The molecule has 0 unspecified atom stereocenters. The number of hydroxylamine groups is 4. The predicted molar refractivity (Wildman–Crippen MR) is 235 cm³/mol. The van der Waals surface area contributed by atoms with E-state index in [1.165, 1.54) is 208 Å². The van der Waals surface area contributed by atoms with E-state index in [4.69, 9.17) is 9.68 Å². The molecule has 0 amide bonds.